The van der Waals surface area contributed by atoms with Crippen molar-refractivity contribution < 1.29 is 4.74 Å². The van der Waals surface area contributed by atoms with Crippen molar-refractivity contribution in [2.75, 3.05) is 14.2 Å². The number of benzene rings is 1. The van der Waals surface area contributed by atoms with Gasteiger partial charge in [-0.1, -0.05) is 0 Å². The number of aryl methyl sites for hydroxylation is 1. The molecule has 1 unspecified atom stereocenters. The maximum atomic E-state index is 5.26. The molecule has 0 saturated heterocycles. The van der Waals surface area contributed by atoms with Crippen molar-refractivity contribution in [3.8, 4) is 17.1 Å². The number of methoxy groups -OCH3 is 1. The molecule has 1 aromatic heterocycles. The van der Waals surface area contributed by atoms with Crippen LogP contribution < -0.4 is 10.1 Å². The van der Waals surface area contributed by atoms with Crippen molar-refractivity contribution in [3.05, 3.63) is 40.1 Å². The lowest BCUT2D eigenvalue weighted by Crippen LogP contribution is -2.22. The molecule has 0 amide bonds. The van der Waals surface area contributed by atoms with Gasteiger partial charge in [0.1, 0.15) is 5.75 Å². The first kappa shape index (κ1) is 14.5. The quantitative estimate of drug-likeness (QED) is 0.922. The molecule has 4 nitrogen and oxygen atoms in total. The van der Waals surface area contributed by atoms with Crippen molar-refractivity contribution in [1.29, 1.82) is 0 Å². The molecule has 0 saturated carbocycles. The molecule has 1 aliphatic rings. The zero-order valence-electron chi connectivity index (χ0n) is 12.2. The van der Waals surface area contributed by atoms with E-state index in [1.165, 1.54) is 12.0 Å². The second kappa shape index (κ2) is 6.12. The van der Waals surface area contributed by atoms with Gasteiger partial charge in [-0.15, -0.1) is 0 Å². The van der Waals surface area contributed by atoms with Gasteiger partial charge >= 0.3 is 0 Å². The summed E-state index contributed by atoms with van der Waals surface area (Å²) in [6, 6.07) is 6.30. The molecule has 0 spiro atoms. The number of rotatable bonds is 3. The highest BCUT2D eigenvalue weighted by atomic mass is 79.9. The summed E-state index contributed by atoms with van der Waals surface area (Å²) >= 11 is 3.51. The topological polar surface area (TPSA) is 47.0 Å². The van der Waals surface area contributed by atoms with Gasteiger partial charge in [0.2, 0.25) is 0 Å². The second-order valence-corrected chi connectivity index (χ2v) is 6.03. The van der Waals surface area contributed by atoms with Gasteiger partial charge in [-0.25, -0.2) is 9.97 Å². The van der Waals surface area contributed by atoms with Crippen molar-refractivity contribution >= 4 is 15.9 Å². The van der Waals surface area contributed by atoms with E-state index in [1.807, 2.05) is 31.4 Å². The highest BCUT2D eigenvalue weighted by Gasteiger charge is 2.21. The van der Waals surface area contributed by atoms with Crippen molar-refractivity contribution in [3.63, 3.8) is 0 Å². The minimum Gasteiger partial charge on any atom is -0.496 e. The van der Waals surface area contributed by atoms with E-state index < -0.39 is 0 Å². The molecule has 0 aliphatic heterocycles. The maximum absolute atomic E-state index is 5.26. The Bertz CT molecular complexity index is 660. The summed E-state index contributed by atoms with van der Waals surface area (Å²) in [6.07, 6.45) is 5.32. The van der Waals surface area contributed by atoms with E-state index in [4.69, 9.17) is 9.72 Å². The van der Waals surface area contributed by atoms with Crippen LogP contribution in [-0.2, 0) is 6.42 Å². The van der Waals surface area contributed by atoms with E-state index in [9.17, 15) is 0 Å². The molecule has 21 heavy (non-hydrogen) atoms. The van der Waals surface area contributed by atoms with Crippen LogP contribution in [0.3, 0.4) is 0 Å². The van der Waals surface area contributed by atoms with Crippen LogP contribution in [0.2, 0.25) is 0 Å². The number of nitrogens with one attached hydrogen (secondary N) is 1. The Kier molecular flexibility index (Phi) is 4.22. The molecular formula is C16H18BrN3O. The Morgan fingerprint density at radius 1 is 1.38 bits per heavy atom. The molecule has 1 N–H and O–H groups in total. The van der Waals surface area contributed by atoms with Crippen LogP contribution in [0.1, 0.15) is 30.1 Å². The van der Waals surface area contributed by atoms with Gasteiger partial charge in [0.15, 0.2) is 5.82 Å². The first-order valence-corrected chi connectivity index (χ1v) is 7.89. The summed E-state index contributed by atoms with van der Waals surface area (Å²) < 4.78 is 6.17. The molecule has 110 valence electrons. The smallest absolute Gasteiger partial charge is 0.159 e. The number of aromatic nitrogens is 2. The van der Waals surface area contributed by atoms with Crippen molar-refractivity contribution in [1.82, 2.24) is 15.3 Å². The number of halogens is 1. The Balaban J connectivity index is 1.98. The molecular weight excluding hydrogens is 330 g/mol. The molecule has 0 radical (unpaired) electrons. The van der Waals surface area contributed by atoms with Crippen LogP contribution in [0, 0.1) is 0 Å². The fourth-order valence-corrected chi connectivity index (χ4v) is 3.33. The molecule has 0 bridgehead atoms. The standard InChI is InChI=1S/C16H18BrN3O/c1-18-13-4-3-5-14-11(13)9-19-16(20-14)10-6-7-15(21-2)12(17)8-10/h6-9,13,18H,3-5H2,1-2H3. The van der Waals surface area contributed by atoms with Crippen LogP contribution in [0.5, 0.6) is 5.75 Å². The average molecular weight is 348 g/mol. The van der Waals surface area contributed by atoms with Crippen LogP contribution in [0.4, 0.5) is 0 Å². The van der Waals surface area contributed by atoms with Gasteiger partial charge in [-0.05, 0) is 60.4 Å². The molecule has 0 fully saturated rings. The Hall–Kier alpha value is -1.46. The minimum absolute atomic E-state index is 0.380. The van der Waals surface area contributed by atoms with E-state index in [0.29, 0.717) is 6.04 Å². The zero-order valence-corrected chi connectivity index (χ0v) is 13.8. The third-order valence-corrected chi connectivity index (χ3v) is 4.56. The van der Waals surface area contributed by atoms with E-state index in [0.717, 1.165) is 40.1 Å². The predicted molar refractivity (Wildman–Crippen MR) is 86.5 cm³/mol. The third-order valence-electron chi connectivity index (χ3n) is 3.94. The highest BCUT2D eigenvalue weighted by Crippen LogP contribution is 2.32. The van der Waals surface area contributed by atoms with E-state index in [1.54, 1.807) is 7.11 Å². The molecule has 5 heteroatoms. The molecule has 1 heterocycles. The van der Waals surface area contributed by atoms with E-state index in [-0.39, 0.29) is 0 Å². The summed E-state index contributed by atoms with van der Waals surface area (Å²) in [5.74, 6) is 1.58. The van der Waals surface area contributed by atoms with Gasteiger partial charge in [0.05, 0.1) is 11.6 Å². The van der Waals surface area contributed by atoms with Crippen LogP contribution >= 0.6 is 15.9 Å². The molecule has 1 atom stereocenters. The lowest BCUT2D eigenvalue weighted by Gasteiger charge is -2.24. The fraction of sp³-hybridized carbons (Fsp3) is 0.375. The zero-order chi connectivity index (χ0) is 14.8. The van der Waals surface area contributed by atoms with Gasteiger partial charge in [-0.3, -0.25) is 0 Å². The van der Waals surface area contributed by atoms with Gasteiger partial charge in [0, 0.05) is 29.1 Å². The molecule has 1 aliphatic carbocycles. The predicted octanol–water partition coefficient (Wildman–Crippen LogP) is 3.51. The number of hydrogen-bond acceptors (Lipinski definition) is 4. The fourth-order valence-electron chi connectivity index (χ4n) is 2.79. The Labute approximate surface area is 133 Å². The summed E-state index contributed by atoms with van der Waals surface area (Å²) in [7, 11) is 3.65. The van der Waals surface area contributed by atoms with Gasteiger partial charge < -0.3 is 10.1 Å². The number of hydrogen-bond donors (Lipinski definition) is 1. The third kappa shape index (κ3) is 2.80. The Morgan fingerprint density at radius 2 is 2.24 bits per heavy atom. The van der Waals surface area contributed by atoms with E-state index >= 15 is 0 Å². The van der Waals surface area contributed by atoms with Gasteiger partial charge in [0.25, 0.3) is 0 Å². The van der Waals surface area contributed by atoms with Crippen molar-refractivity contribution in [2.24, 2.45) is 0 Å². The summed E-state index contributed by atoms with van der Waals surface area (Å²) in [6.45, 7) is 0. The second-order valence-electron chi connectivity index (χ2n) is 5.18. The first-order chi connectivity index (χ1) is 10.2. The monoisotopic (exact) mass is 347 g/mol. The molecule has 2 aromatic rings. The first-order valence-electron chi connectivity index (χ1n) is 7.10. The van der Waals surface area contributed by atoms with Gasteiger partial charge in [-0.2, -0.15) is 0 Å². The number of nitrogens with zero attached hydrogens (tertiary/aromatic N) is 2. The summed E-state index contributed by atoms with van der Waals surface area (Å²) in [5, 5.41) is 3.34. The molecule has 3 rings (SSSR count). The van der Waals surface area contributed by atoms with Crippen LogP contribution in [0.25, 0.3) is 11.4 Å². The summed E-state index contributed by atoms with van der Waals surface area (Å²) in [4.78, 5) is 9.31. The lowest BCUT2D eigenvalue weighted by atomic mass is 9.92. The largest absolute Gasteiger partial charge is 0.496 e. The SMILES string of the molecule is CNC1CCCc2nc(-c3ccc(OC)c(Br)c3)ncc21. The lowest BCUT2D eigenvalue weighted by molar-refractivity contribution is 0.412. The Morgan fingerprint density at radius 3 is 2.95 bits per heavy atom. The molecule has 1 aromatic carbocycles. The maximum Gasteiger partial charge on any atom is 0.159 e. The number of ether oxygens (including phenoxy) is 1. The van der Waals surface area contributed by atoms with Crippen LogP contribution in [-0.4, -0.2) is 24.1 Å². The van der Waals surface area contributed by atoms with E-state index in [2.05, 4.69) is 26.2 Å². The number of fused-ring (bicyclic) bond motifs is 1. The van der Waals surface area contributed by atoms with Crippen molar-refractivity contribution in [2.45, 2.75) is 25.3 Å². The normalized spacial score (nSPS) is 17.4. The highest BCUT2D eigenvalue weighted by molar-refractivity contribution is 9.10. The minimum atomic E-state index is 0.380. The summed E-state index contributed by atoms with van der Waals surface area (Å²) in [5.41, 5.74) is 3.40. The van der Waals surface area contributed by atoms with Crippen LogP contribution in [0.15, 0.2) is 28.9 Å². The average Bonchev–Trinajstić information content (AvgIpc) is 2.53.